The maximum Gasteiger partial charge on any atom is 0.272 e. The molecule has 0 saturated carbocycles. The smallest absolute Gasteiger partial charge is 0.272 e. The molecule has 0 bridgehead atoms. The molecule has 2 aromatic heterocycles. The third kappa shape index (κ3) is 3.66. The monoisotopic (exact) mass is 353 g/mol. The summed E-state index contributed by atoms with van der Waals surface area (Å²) in [5.41, 5.74) is 7.46. The number of aromatic nitrogens is 2. The molecule has 26 heavy (non-hydrogen) atoms. The Morgan fingerprint density at radius 1 is 1.31 bits per heavy atom. The maximum absolute atomic E-state index is 12.4. The van der Waals surface area contributed by atoms with Gasteiger partial charge >= 0.3 is 0 Å². The Balaban J connectivity index is 1.74. The fourth-order valence-electron chi connectivity index (χ4n) is 2.44. The highest BCUT2D eigenvalue weighted by molar-refractivity contribution is 5.93. The number of nitrogens with one attached hydrogen (secondary N) is 1. The quantitative estimate of drug-likeness (QED) is 0.531. The van der Waals surface area contributed by atoms with Gasteiger partial charge in [0.15, 0.2) is 5.76 Å². The first-order chi connectivity index (χ1) is 12.4. The van der Waals surface area contributed by atoms with E-state index >= 15 is 0 Å². The molecule has 3 aromatic rings. The van der Waals surface area contributed by atoms with E-state index in [0.717, 1.165) is 5.56 Å². The number of nitrogen functional groups attached to an aromatic ring is 1. The first kappa shape index (κ1) is 17.1. The van der Waals surface area contributed by atoms with Crippen molar-refractivity contribution in [1.29, 1.82) is 0 Å². The van der Waals surface area contributed by atoms with Crippen molar-refractivity contribution in [2.75, 3.05) is 5.73 Å². The summed E-state index contributed by atoms with van der Waals surface area (Å²) < 4.78 is 5.25. The lowest BCUT2D eigenvalue weighted by atomic mass is 10.1. The molecule has 1 amide bonds. The Morgan fingerprint density at radius 2 is 2.12 bits per heavy atom. The van der Waals surface area contributed by atoms with Crippen LogP contribution in [0.1, 0.15) is 21.6 Å². The zero-order valence-corrected chi connectivity index (χ0v) is 13.8. The van der Waals surface area contributed by atoms with Gasteiger partial charge in [0.05, 0.1) is 11.2 Å². The van der Waals surface area contributed by atoms with Crippen LogP contribution in [-0.2, 0) is 6.54 Å². The SMILES string of the molecule is Cc1cc(CNC(=O)c2cc(-c3ccco3)nc(N)n2)ccc1[N+](=O)[O-]. The number of amides is 1. The summed E-state index contributed by atoms with van der Waals surface area (Å²) in [6.45, 7) is 1.84. The number of furan rings is 1. The number of hydrogen-bond acceptors (Lipinski definition) is 7. The molecule has 0 aliphatic rings. The predicted molar refractivity (Wildman–Crippen MR) is 93.2 cm³/mol. The molecule has 0 radical (unpaired) electrons. The number of anilines is 1. The minimum atomic E-state index is -0.447. The number of nitrogens with two attached hydrogens (primary N) is 1. The highest BCUT2D eigenvalue weighted by Crippen LogP contribution is 2.20. The van der Waals surface area contributed by atoms with Gasteiger partial charge in [-0.3, -0.25) is 14.9 Å². The van der Waals surface area contributed by atoms with Crippen LogP contribution in [0.4, 0.5) is 11.6 Å². The van der Waals surface area contributed by atoms with Crippen molar-refractivity contribution in [3.63, 3.8) is 0 Å². The second kappa shape index (κ2) is 7.01. The van der Waals surface area contributed by atoms with E-state index in [4.69, 9.17) is 10.2 Å². The minimum absolute atomic E-state index is 0.0340. The fourth-order valence-corrected chi connectivity index (χ4v) is 2.44. The van der Waals surface area contributed by atoms with E-state index < -0.39 is 10.8 Å². The third-order valence-electron chi connectivity index (χ3n) is 3.66. The van der Waals surface area contributed by atoms with Crippen LogP contribution < -0.4 is 11.1 Å². The third-order valence-corrected chi connectivity index (χ3v) is 3.66. The number of nitro groups is 1. The second-order valence-corrected chi connectivity index (χ2v) is 5.53. The molecule has 9 nitrogen and oxygen atoms in total. The second-order valence-electron chi connectivity index (χ2n) is 5.53. The topological polar surface area (TPSA) is 137 Å². The molecule has 3 rings (SSSR count). The van der Waals surface area contributed by atoms with Crippen molar-refractivity contribution in [3.8, 4) is 11.5 Å². The molecule has 0 aliphatic heterocycles. The standard InChI is InChI=1S/C17H15N5O4/c1-10-7-11(4-5-14(10)22(24)25)9-19-16(23)13-8-12(20-17(18)21-13)15-3-2-6-26-15/h2-8H,9H2,1H3,(H,19,23)(H2,18,20,21). The number of nitro benzene ring substituents is 1. The normalized spacial score (nSPS) is 10.5. The number of carbonyl (C=O) groups is 1. The first-order valence-corrected chi connectivity index (χ1v) is 7.64. The molecule has 0 unspecified atom stereocenters. The van der Waals surface area contributed by atoms with Gasteiger partial charge < -0.3 is 15.5 Å². The van der Waals surface area contributed by atoms with Gasteiger partial charge in [0.1, 0.15) is 11.4 Å². The van der Waals surface area contributed by atoms with Crippen molar-refractivity contribution in [3.05, 3.63) is 69.6 Å². The van der Waals surface area contributed by atoms with Gasteiger partial charge in [0, 0.05) is 18.2 Å². The largest absolute Gasteiger partial charge is 0.463 e. The molecule has 2 heterocycles. The molecule has 3 N–H and O–H groups in total. The first-order valence-electron chi connectivity index (χ1n) is 7.64. The van der Waals surface area contributed by atoms with Crippen LogP contribution in [0.15, 0.2) is 47.1 Å². The van der Waals surface area contributed by atoms with Crippen LogP contribution in [0.5, 0.6) is 0 Å². The molecule has 9 heteroatoms. The van der Waals surface area contributed by atoms with E-state index in [1.54, 1.807) is 31.2 Å². The summed E-state index contributed by atoms with van der Waals surface area (Å²) in [5, 5.41) is 13.6. The Kier molecular flexibility index (Phi) is 4.61. The number of benzene rings is 1. The molecule has 0 fully saturated rings. The molecule has 1 aromatic carbocycles. The Hall–Kier alpha value is -3.75. The van der Waals surface area contributed by atoms with Crippen LogP contribution in [-0.4, -0.2) is 20.8 Å². The lowest BCUT2D eigenvalue weighted by Gasteiger charge is -2.07. The van der Waals surface area contributed by atoms with Crippen molar-refractivity contribution in [1.82, 2.24) is 15.3 Å². The minimum Gasteiger partial charge on any atom is -0.463 e. The van der Waals surface area contributed by atoms with Crippen LogP contribution >= 0.6 is 0 Å². The van der Waals surface area contributed by atoms with Gasteiger partial charge in [-0.25, -0.2) is 9.97 Å². The fraction of sp³-hybridized carbons (Fsp3) is 0.118. The van der Waals surface area contributed by atoms with Crippen LogP contribution in [0.25, 0.3) is 11.5 Å². The number of nitrogens with zero attached hydrogens (tertiary/aromatic N) is 3. The van der Waals surface area contributed by atoms with E-state index in [1.165, 1.54) is 18.4 Å². The number of carbonyl (C=O) groups excluding carboxylic acids is 1. The van der Waals surface area contributed by atoms with E-state index in [-0.39, 0.29) is 23.9 Å². The summed E-state index contributed by atoms with van der Waals surface area (Å²) in [6.07, 6.45) is 1.49. The van der Waals surface area contributed by atoms with Gasteiger partial charge in [-0.15, -0.1) is 0 Å². The number of aryl methyl sites for hydroxylation is 1. The Morgan fingerprint density at radius 3 is 2.77 bits per heavy atom. The lowest BCUT2D eigenvalue weighted by molar-refractivity contribution is -0.385. The van der Waals surface area contributed by atoms with Gasteiger partial charge in [0.2, 0.25) is 5.95 Å². The van der Waals surface area contributed by atoms with Crippen molar-refractivity contribution in [2.45, 2.75) is 13.5 Å². The predicted octanol–water partition coefficient (Wildman–Crippen LogP) is 2.47. The highest BCUT2D eigenvalue weighted by atomic mass is 16.6. The molecule has 0 aliphatic carbocycles. The zero-order chi connectivity index (χ0) is 18.7. The molecule has 0 saturated heterocycles. The van der Waals surface area contributed by atoms with Gasteiger partial charge in [0.25, 0.3) is 11.6 Å². The van der Waals surface area contributed by atoms with Crippen LogP contribution in [0.3, 0.4) is 0 Å². The van der Waals surface area contributed by atoms with Gasteiger partial charge in [-0.05, 0) is 36.8 Å². The summed E-state index contributed by atoms with van der Waals surface area (Å²) in [7, 11) is 0. The molecular weight excluding hydrogens is 338 g/mol. The van der Waals surface area contributed by atoms with Crippen molar-refractivity contribution in [2.24, 2.45) is 0 Å². The van der Waals surface area contributed by atoms with E-state index in [0.29, 0.717) is 17.0 Å². The lowest BCUT2D eigenvalue weighted by Crippen LogP contribution is -2.24. The van der Waals surface area contributed by atoms with Crippen LogP contribution in [0, 0.1) is 17.0 Å². The molecule has 132 valence electrons. The summed E-state index contributed by atoms with van der Waals surface area (Å²) in [4.78, 5) is 30.7. The molecular formula is C17H15N5O4. The van der Waals surface area contributed by atoms with Gasteiger partial charge in [-0.2, -0.15) is 0 Å². The average Bonchev–Trinajstić information content (AvgIpc) is 3.13. The highest BCUT2D eigenvalue weighted by Gasteiger charge is 2.14. The molecule has 0 spiro atoms. The zero-order valence-electron chi connectivity index (χ0n) is 13.8. The van der Waals surface area contributed by atoms with E-state index in [1.807, 2.05) is 0 Å². The van der Waals surface area contributed by atoms with Gasteiger partial charge in [-0.1, -0.05) is 6.07 Å². The number of hydrogen-bond donors (Lipinski definition) is 2. The van der Waals surface area contributed by atoms with Crippen molar-refractivity contribution >= 4 is 17.5 Å². The van der Waals surface area contributed by atoms with Crippen molar-refractivity contribution < 1.29 is 14.1 Å². The summed E-state index contributed by atoms with van der Waals surface area (Å²) in [6, 6.07) is 9.53. The van der Waals surface area contributed by atoms with Crippen LogP contribution in [0.2, 0.25) is 0 Å². The van der Waals surface area contributed by atoms with E-state index in [9.17, 15) is 14.9 Å². The maximum atomic E-state index is 12.4. The van der Waals surface area contributed by atoms with E-state index in [2.05, 4.69) is 15.3 Å². The Labute approximate surface area is 148 Å². The number of rotatable bonds is 5. The Bertz CT molecular complexity index is 969. The average molecular weight is 353 g/mol. The summed E-state index contributed by atoms with van der Waals surface area (Å²) >= 11 is 0. The molecule has 0 atom stereocenters. The summed E-state index contributed by atoms with van der Waals surface area (Å²) in [5.74, 6) is -0.0164.